The Labute approximate surface area is 118 Å². The van der Waals surface area contributed by atoms with Crippen LogP contribution in [0.25, 0.3) is 0 Å². The molecule has 0 fully saturated rings. The highest BCUT2D eigenvalue weighted by molar-refractivity contribution is 5.43. The average Bonchev–Trinajstić information content (AvgIpc) is 2.44. The lowest BCUT2D eigenvalue weighted by Gasteiger charge is -2.14. The molecule has 0 aliphatic carbocycles. The minimum absolute atomic E-state index is 0.0863. The molecule has 0 bridgehead atoms. The number of pyridine rings is 1. The lowest BCUT2D eigenvalue weighted by atomic mass is 10.1. The van der Waals surface area contributed by atoms with Gasteiger partial charge in [-0.2, -0.15) is 18.4 Å². The second-order valence-electron chi connectivity index (χ2n) is 4.16. The topological polar surface area (TPSA) is 71.9 Å². The molecular formula is C14H10F3N3O. The molecule has 0 aliphatic heterocycles. The molecular weight excluding hydrogens is 283 g/mol. The van der Waals surface area contributed by atoms with Crippen LogP contribution in [0.5, 0.6) is 5.75 Å². The highest BCUT2D eigenvalue weighted by Crippen LogP contribution is 2.37. The number of aromatic nitrogens is 1. The number of anilines is 1. The summed E-state index contributed by atoms with van der Waals surface area (Å²) in [5.74, 6) is -0.0994. The van der Waals surface area contributed by atoms with E-state index in [-0.39, 0.29) is 23.7 Å². The van der Waals surface area contributed by atoms with Gasteiger partial charge in [-0.15, -0.1) is 0 Å². The Balaban J connectivity index is 2.26. The number of alkyl halides is 3. The number of ether oxygens (including phenoxy) is 1. The number of nitrogen functional groups attached to an aromatic ring is 1. The van der Waals surface area contributed by atoms with Gasteiger partial charge >= 0.3 is 6.18 Å². The van der Waals surface area contributed by atoms with Crippen molar-refractivity contribution < 1.29 is 17.9 Å². The first-order chi connectivity index (χ1) is 9.90. The molecule has 0 aliphatic rings. The highest BCUT2D eigenvalue weighted by atomic mass is 19.4. The first-order valence-corrected chi connectivity index (χ1v) is 5.85. The van der Waals surface area contributed by atoms with Gasteiger partial charge in [0.15, 0.2) is 0 Å². The monoisotopic (exact) mass is 293 g/mol. The molecule has 108 valence electrons. The van der Waals surface area contributed by atoms with Crippen molar-refractivity contribution in [2.45, 2.75) is 12.8 Å². The van der Waals surface area contributed by atoms with Gasteiger partial charge in [-0.25, -0.2) is 4.98 Å². The average molecular weight is 293 g/mol. The number of benzene rings is 1. The van der Waals surface area contributed by atoms with Gasteiger partial charge in [0.05, 0.1) is 22.9 Å². The Kier molecular flexibility index (Phi) is 3.98. The second kappa shape index (κ2) is 5.71. The van der Waals surface area contributed by atoms with Gasteiger partial charge in [0.1, 0.15) is 18.2 Å². The standard InChI is InChI=1S/C14H10F3N3O/c15-14(16,17)11-6-9(7-18)4-5-12(11)21-8-10-2-1-3-13(19)20-10/h1-6H,8H2,(H2,19,20). The van der Waals surface area contributed by atoms with Crippen LogP contribution in [0, 0.1) is 11.3 Å². The van der Waals surface area contributed by atoms with E-state index in [2.05, 4.69) is 4.98 Å². The molecule has 1 aromatic carbocycles. The SMILES string of the molecule is N#Cc1ccc(OCc2cccc(N)n2)c(C(F)(F)F)c1. The lowest BCUT2D eigenvalue weighted by molar-refractivity contribution is -0.139. The zero-order valence-electron chi connectivity index (χ0n) is 10.7. The summed E-state index contributed by atoms with van der Waals surface area (Å²) in [5, 5.41) is 8.68. The van der Waals surface area contributed by atoms with E-state index in [1.165, 1.54) is 6.07 Å². The van der Waals surface area contributed by atoms with Gasteiger partial charge in [-0.05, 0) is 30.3 Å². The van der Waals surface area contributed by atoms with Crippen molar-refractivity contribution in [3.63, 3.8) is 0 Å². The third kappa shape index (κ3) is 3.63. The minimum atomic E-state index is -4.61. The summed E-state index contributed by atoms with van der Waals surface area (Å²) < 4.78 is 43.9. The molecule has 4 nitrogen and oxygen atoms in total. The number of nitrogens with zero attached hydrogens (tertiary/aromatic N) is 2. The molecule has 0 saturated carbocycles. The molecule has 21 heavy (non-hydrogen) atoms. The fourth-order valence-corrected chi connectivity index (χ4v) is 1.68. The van der Waals surface area contributed by atoms with Crippen molar-refractivity contribution >= 4 is 5.82 Å². The summed E-state index contributed by atoms with van der Waals surface area (Å²) in [6.07, 6.45) is -4.61. The molecule has 0 atom stereocenters. The summed E-state index contributed by atoms with van der Waals surface area (Å²) in [5.41, 5.74) is 4.81. The van der Waals surface area contributed by atoms with E-state index in [9.17, 15) is 13.2 Å². The quantitative estimate of drug-likeness (QED) is 0.943. The summed E-state index contributed by atoms with van der Waals surface area (Å²) in [6.45, 7) is -0.153. The van der Waals surface area contributed by atoms with Gasteiger partial charge in [-0.3, -0.25) is 0 Å². The third-order valence-corrected chi connectivity index (χ3v) is 2.62. The Hall–Kier alpha value is -2.75. The zero-order valence-corrected chi connectivity index (χ0v) is 10.7. The molecule has 0 saturated heterocycles. The van der Waals surface area contributed by atoms with Crippen molar-refractivity contribution in [1.82, 2.24) is 4.98 Å². The van der Waals surface area contributed by atoms with Crippen LogP contribution >= 0.6 is 0 Å². The van der Waals surface area contributed by atoms with Crippen molar-refractivity contribution in [2.24, 2.45) is 0 Å². The van der Waals surface area contributed by atoms with Crippen LogP contribution in [0.2, 0.25) is 0 Å². The van der Waals surface area contributed by atoms with Crippen molar-refractivity contribution in [1.29, 1.82) is 5.26 Å². The summed E-state index contributed by atoms with van der Waals surface area (Å²) in [7, 11) is 0. The van der Waals surface area contributed by atoms with E-state index < -0.39 is 11.7 Å². The van der Waals surface area contributed by atoms with Crippen LogP contribution in [0.15, 0.2) is 36.4 Å². The summed E-state index contributed by atoms with van der Waals surface area (Å²) in [4.78, 5) is 3.93. The molecule has 0 spiro atoms. The van der Waals surface area contributed by atoms with E-state index in [4.69, 9.17) is 15.7 Å². The van der Waals surface area contributed by atoms with Crippen molar-refractivity contribution in [2.75, 3.05) is 5.73 Å². The smallest absolute Gasteiger partial charge is 0.420 e. The molecule has 2 N–H and O–H groups in total. The maximum absolute atomic E-state index is 12.9. The molecule has 7 heteroatoms. The Morgan fingerprint density at radius 3 is 2.62 bits per heavy atom. The second-order valence-corrected chi connectivity index (χ2v) is 4.16. The predicted octanol–water partition coefficient (Wildman–Crippen LogP) is 3.13. The summed E-state index contributed by atoms with van der Waals surface area (Å²) in [6, 6.07) is 9.58. The lowest BCUT2D eigenvalue weighted by Crippen LogP contribution is -2.10. The van der Waals surface area contributed by atoms with Crippen molar-refractivity contribution in [3.8, 4) is 11.8 Å². The van der Waals surface area contributed by atoms with Crippen LogP contribution in [-0.4, -0.2) is 4.98 Å². The molecule has 0 unspecified atom stereocenters. The zero-order chi connectivity index (χ0) is 15.5. The molecule has 0 amide bonds. The third-order valence-electron chi connectivity index (χ3n) is 2.62. The molecule has 2 aromatic rings. The van der Waals surface area contributed by atoms with Gasteiger partial charge in [0, 0.05) is 0 Å². The van der Waals surface area contributed by atoms with Crippen LogP contribution in [0.1, 0.15) is 16.8 Å². The number of nitrogens with two attached hydrogens (primary N) is 1. The minimum Gasteiger partial charge on any atom is -0.487 e. The highest BCUT2D eigenvalue weighted by Gasteiger charge is 2.34. The number of hydrogen-bond acceptors (Lipinski definition) is 4. The van der Waals surface area contributed by atoms with Crippen LogP contribution in [-0.2, 0) is 12.8 Å². The van der Waals surface area contributed by atoms with Gasteiger partial charge in [0.25, 0.3) is 0 Å². The number of rotatable bonds is 3. The fourth-order valence-electron chi connectivity index (χ4n) is 1.68. The maximum atomic E-state index is 12.9. The Bertz CT molecular complexity index is 693. The predicted molar refractivity (Wildman–Crippen MR) is 69.1 cm³/mol. The van der Waals surface area contributed by atoms with Crippen LogP contribution < -0.4 is 10.5 Å². The first-order valence-electron chi connectivity index (χ1n) is 5.85. The van der Waals surface area contributed by atoms with Gasteiger partial charge in [-0.1, -0.05) is 6.07 Å². The maximum Gasteiger partial charge on any atom is 0.420 e. The molecule has 1 aromatic heterocycles. The fraction of sp³-hybridized carbons (Fsp3) is 0.143. The van der Waals surface area contributed by atoms with E-state index in [1.807, 2.05) is 0 Å². The number of hydrogen-bond donors (Lipinski definition) is 1. The molecule has 0 radical (unpaired) electrons. The molecule has 2 rings (SSSR count). The van der Waals surface area contributed by atoms with Crippen LogP contribution in [0.4, 0.5) is 19.0 Å². The Morgan fingerprint density at radius 1 is 1.24 bits per heavy atom. The molecule has 1 heterocycles. The normalized spacial score (nSPS) is 11.0. The van der Waals surface area contributed by atoms with Crippen LogP contribution in [0.3, 0.4) is 0 Å². The Morgan fingerprint density at radius 2 is 2.00 bits per heavy atom. The van der Waals surface area contributed by atoms with E-state index >= 15 is 0 Å². The number of halogens is 3. The largest absolute Gasteiger partial charge is 0.487 e. The van der Waals surface area contributed by atoms with Gasteiger partial charge in [0.2, 0.25) is 0 Å². The number of nitriles is 1. The summed E-state index contributed by atoms with van der Waals surface area (Å²) >= 11 is 0. The van der Waals surface area contributed by atoms with E-state index in [0.717, 1.165) is 12.1 Å². The van der Waals surface area contributed by atoms with E-state index in [1.54, 1.807) is 24.3 Å². The van der Waals surface area contributed by atoms with Gasteiger partial charge < -0.3 is 10.5 Å². The van der Waals surface area contributed by atoms with Crippen molar-refractivity contribution in [3.05, 3.63) is 53.2 Å². The first kappa shape index (κ1) is 14.7. The van der Waals surface area contributed by atoms with E-state index in [0.29, 0.717) is 5.69 Å².